The van der Waals surface area contributed by atoms with Gasteiger partial charge in [-0.15, -0.1) is 0 Å². The normalized spacial score (nSPS) is 11.9. The van der Waals surface area contributed by atoms with Gasteiger partial charge in [-0.05, 0) is 29.8 Å². The molecule has 1 atom stereocenters. The van der Waals surface area contributed by atoms with Crippen molar-refractivity contribution in [1.82, 2.24) is 9.97 Å². The van der Waals surface area contributed by atoms with Gasteiger partial charge in [-0.2, -0.15) is 5.26 Å². The molecule has 1 aromatic heterocycles. The number of Topliss-reactive ketones (excluding diaryl/α,β-unsaturated/α-hetero) is 1. The Hall–Kier alpha value is -3.20. The van der Waals surface area contributed by atoms with Crippen LogP contribution in [0.4, 0.5) is 4.39 Å². The molecule has 0 aliphatic carbocycles. The lowest BCUT2D eigenvalue weighted by molar-refractivity contribution is -0.118. The molecule has 0 aliphatic rings. The van der Waals surface area contributed by atoms with Gasteiger partial charge in [-0.1, -0.05) is 18.2 Å². The molecule has 5 nitrogen and oxygen atoms in total. The Morgan fingerprint density at radius 1 is 1.38 bits per heavy atom. The number of para-hydroxylation sites is 2. The molecule has 1 heterocycles. The van der Waals surface area contributed by atoms with Crippen molar-refractivity contribution in [2.24, 2.45) is 0 Å². The topological polar surface area (TPSA) is 78.8 Å². The third kappa shape index (κ3) is 2.97. The van der Waals surface area contributed by atoms with Crippen LogP contribution in [0.15, 0.2) is 42.5 Å². The first kappa shape index (κ1) is 15.7. The van der Waals surface area contributed by atoms with E-state index in [1.54, 1.807) is 12.1 Å². The third-order valence-electron chi connectivity index (χ3n) is 3.73. The van der Waals surface area contributed by atoms with E-state index in [9.17, 15) is 14.4 Å². The fourth-order valence-corrected chi connectivity index (χ4v) is 2.52. The zero-order valence-electron chi connectivity index (χ0n) is 12.9. The molecule has 2 aromatic carbocycles. The Labute approximate surface area is 137 Å². The van der Waals surface area contributed by atoms with Gasteiger partial charge in [0.2, 0.25) is 0 Å². The van der Waals surface area contributed by atoms with E-state index in [0.29, 0.717) is 16.9 Å². The number of carbonyl (C=O) groups excluding carboxylic acids is 1. The monoisotopic (exact) mass is 323 g/mol. The van der Waals surface area contributed by atoms with Crippen LogP contribution in [-0.4, -0.2) is 22.9 Å². The maximum atomic E-state index is 13.7. The largest absolute Gasteiger partial charge is 0.494 e. The highest BCUT2D eigenvalue weighted by Gasteiger charge is 2.24. The second-order valence-electron chi connectivity index (χ2n) is 5.31. The molecule has 0 saturated carbocycles. The molecule has 6 heteroatoms. The van der Waals surface area contributed by atoms with Crippen LogP contribution in [0.25, 0.3) is 11.0 Å². The predicted molar refractivity (Wildman–Crippen MR) is 86.1 cm³/mol. The Morgan fingerprint density at radius 3 is 2.83 bits per heavy atom. The van der Waals surface area contributed by atoms with Crippen LogP contribution in [0.3, 0.4) is 0 Å². The molecular formula is C18H14FN3O2. The van der Waals surface area contributed by atoms with Gasteiger partial charge in [0.1, 0.15) is 5.82 Å². The predicted octanol–water partition coefficient (Wildman–Crippen LogP) is 3.13. The molecule has 3 aromatic rings. The summed E-state index contributed by atoms with van der Waals surface area (Å²) in [6.07, 6.45) is -0.0593. The summed E-state index contributed by atoms with van der Waals surface area (Å²) in [5.74, 6) is -1.50. The summed E-state index contributed by atoms with van der Waals surface area (Å²) in [5, 5.41) is 9.36. The van der Waals surface area contributed by atoms with Crippen LogP contribution in [0.1, 0.15) is 17.3 Å². The number of imidazole rings is 1. The number of aromatic amines is 1. The molecule has 24 heavy (non-hydrogen) atoms. The molecular weight excluding hydrogens is 309 g/mol. The zero-order chi connectivity index (χ0) is 17.1. The van der Waals surface area contributed by atoms with Gasteiger partial charge in [0.15, 0.2) is 23.3 Å². The Kier molecular flexibility index (Phi) is 4.25. The Bertz CT molecular complexity index is 910. The molecule has 120 valence electrons. The lowest BCUT2D eigenvalue weighted by Gasteiger charge is -2.07. The van der Waals surface area contributed by atoms with Gasteiger partial charge in [0, 0.05) is 6.42 Å². The molecule has 0 bridgehead atoms. The van der Waals surface area contributed by atoms with Crippen molar-refractivity contribution >= 4 is 16.8 Å². The average molecular weight is 323 g/mol. The lowest BCUT2D eigenvalue weighted by atomic mass is 9.98. The highest BCUT2D eigenvalue weighted by atomic mass is 19.1. The van der Waals surface area contributed by atoms with E-state index in [4.69, 9.17) is 4.74 Å². The first-order chi connectivity index (χ1) is 11.6. The van der Waals surface area contributed by atoms with Crippen LogP contribution < -0.4 is 4.74 Å². The Balaban J connectivity index is 1.84. The highest BCUT2D eigenvalue weighted by molar-refractivity contribution is 5.90. The van der Waals surface area contributed by atoms with Gasteiger partial charge in [-0.25, -0.2) is 9.37 Å². The number of nitrogens with zero attached hydrogens (tertiary/aromatic N) is 2. The van der Waals surface area contributed by atoms with Crippen molar-refractivity contribution in [1.29, 1.82) is 5.26 Å². The summed E-state index contributed by atoms with van der Waals surface area (Å²) in [4.78, 5) is 19.7. The van der Waals surface area contributed by atoms with E-state index < -0.39 is 11.7 Å². The summed E-state index contributed by atoms with van der Waals surface area (Å²) in [7, 11) is 1.37. The van der Waals surface area contributed by atoms with Crippen LogP contribution in [0.2, 0.25) is 0 Å². The smallest absolute Gasteiger partial charge is 0.165 e. The molecule has 0 aliphatic heterocycles. The number of methoxy groups -OCH3 is 1. The number of aromatic nitrogens is 2. The number of fused-ring (bicyclic) bond motifs is 1. The number of halogens is 1. The van der Waals surface area contributed by atoms with E-state index in [-0.39, 0.29) is 18.0 Å². The molecule has 0 saturated heterocycles. The van der Waals surface area contributed by atoms with Gasteiger partial charge in [-0.3, -0.25) is 4.79 Å². The number of nitriles is 1. The van der Waals surface area contributed by atoms with E-state index >= 15 is 0 Å². The Morgan fingerprint density at radius 2 is 2.17 bits per heavy atom. The number of rotatable bonds is 5. The van der Waals surface area contributed by atoms with Crippen molar-refractivity contribution in [3.05, 3.63) is 59.7 Å². The number of nitrogens with one attached hydrogen (secondary N) is 1. The van der Waals surface area contributed by atoms with E-state index in [0.717, 1.165) is 5.52 Å². The van der Waals surface area contributed by atoms with Crippen molar-refractivity contribution < 1.29 is 13.9 Å². The summed E-state index contributed by atoms with van der Waals surface area (Å²) < 4.78 is 18.6. The molecule has 0 radical (unpaired) electrons. The third-order valence-corrected chi connectivity index (χ3v) is 3.73. The quantitative estimate of drug-likeness (QED) is 0.782. The number of carbonyl (C=O) groups is 1. The lowest BCUT2D eigenvalue weighted by Crippen LogP contribution is -2.15. The second-order valence-corrected chi connectivity index (χ2v) is 5.31. The summed E-state index contributed by atoms with van der Waals surface area (Å²) in [5.41, 5.74) is 1.93. The summed E-state index contributed by atoms with van der Waals surface area (Å²) in [6.45, 7) is 0. The SMILES string of the molecule is COc1ccc(CC(=O)[C@H](C#N)c2nc3ccccc3[nH]2)cc1F. The van der Waals surface area contributed by atoms with Crippen molar-refractivity contribution in [2.45, 2.75) is 12.3 Å². The standard InChI is InChI=1S/C18H14FN3O2/c1-24-17-7-6-11(8-13(17)19)9-16(23)12(10-20)18-21-14-4-2-3-5-15(14)22-18/h2-8,12H,9H2,1H3,(H,21,22)/t12-/m0/s1. The maximum Gasteiger partial charge on any atom is 0.165 e. The van der Waals surface area contributed by atoms with E-state index in [1.807, 2.05) is 24.3 Å². The average Bonchev–Trinajstić information content (AvgIpc) is 2.99. The van der Waals surface area contributed by atoms with Gasteiger partial charge < -0.3 is 9.72 Å². The van der Waals surface area contributed by atoms with Crippen molar-refractivity contribution in [2.75, 3.05) is 7.11 Å². The van der Waals surface area contributed by atoms with Gasteiger partial charge in [0.25, 0.3) is 0 Å². The molecule has 1 N–H and O–H groups in total. The van der Waals surface area contributed by atoms with E-state index in [1.165, 1.54) is 19.2 Å². The molecule has 0 spiro atoms. The number of hydrogen-bond acceptors (Lipinski definition) is 4. The van der Waals surface area contributed by atoms with Gasteiger partial charge >= 0.3 is 0 Å². The molecule has 3 rings (SSSR count). The van der Waals surface area contributed by atoms with Crippen LogP contribution in [0, 0.1) is 17.1 Å². The minimum atomic E-state index is -1.03. The van der Waals surface area contributed by atoms with Crippen molar-refractivity contribution in [3.63, 3.8) is 0 Å². The number of hydrogen-bond donors (Lipinski definition) is 1. The summed E-state index contributed by atoms with van der Waals surface area (Å²) >= 11 is 0. The number of benzene rings is 2. The fraction of sp³-hybridized carbons (Fsp3) is 0.167. The molecule has 0 unspecified atom stereocenters. The van der Waals surface area contributed by atoms with Crippen LogP contribution in [-0.2, 0) is 11.2 Å². The van der Waals surface area contributed by atoms with Crippen LogP contribution >= 0.6 is 0 Å². The minimum absolute atomic E-state index is 0.0593. The zero-order valence-corrected chi connectivity index (χ0v) is 12.9. The first-order valence-electron chi connectivity index (χ1n) is 7.31. The highest BCUT2D eigenvalue weighted by Crippen LogP contribution is 2.22. The summed E-state index contributed by atoms with van der Waals surface area (Å²) in [6, 6.07) is 13.6. The number of ether oxygens (including phenoxy) is 1. The van der Waals surface area contributed by atoms with E-state index in [2.05, 4.69) is 9.97 Å². The number of H-pyrrole nitrogens is 1. The maximum absolute atomic E-state index is 13.7. The second kappa shape index (κ2) is 6.50. The number of ketones is 1. The van der Waals surface area contributed by atoms with Gasteiger partial charge in [0.05, 0.1) is 24.2 Å². The minimum Gasteiger partial charge on any atom is -0.494 e. The molecule has 0 amide bonds. The first-order valence-corrected chi connectivity index (χ1v) is 7.31. The molecule has 0 fully saturated rings. The van der Waals surface area contributed by atoms with Crippen LogP contribution in [0.5, 0.6) is 5.75 Å². The van der Waals surface area contributed by atoms with Crippen molar-refractivity contribution in [3.8, 4) is 11.8 Å². The fourth-order valence-electron chi connectivity index (χ4n) is 2.52.